The highest BCUT2D eigenvalue weighted by molar-refractivity contribution is 7.90. The number of anilines is 2. The fourth-order valence-corrected chi connectivity index (χ4v) is 5.07. The Kier molecular flexibility index (Phi) is 10.6. The summed E-state index contributed by atoms with van der Waals surface area (Å²) in [5.41, 5.74) is 18.2. The smallest absolute Gasteiger partial charge is 0.323 e. The van der Waals surface area contributed by atoms with Crippen LogP contribution in [0.2, 0.25) is 0 Å². The molecule has 2 aromatic carbocycles. The number of sulfonamides is 2. The maximum absolute atomic E-state index is 12.9. The number of urea groups is 1. The van der Waals surface area contributed by atoms with Gasteiger partial charge in [0.25, 0.3) is 20.0 Å². The highest BCUT2D eigenvalue weighted by atomic mass is 32.2. The predicted molar refractivity (Wildman–Crippen MR) is 146 cm³/mol. The number of phenolic OH excluding ortho intramolecular Hbond substituents is 1. The van der Waals surface area contributed by atoms with Gasteiger partial charge in [-0.3, -0.25) is 0 Å². The monoisotopic (exact) mass is 578 g/mol. The summed E-state index contributed by atoms with van der Waals surface area (Å²) < 4.78 is 54.6. The Morgan fingerprint density at radius 3 is 1.87 bits per heavy atom. The first kappa shape index (κ1) is 31.2. The molecule has 0 saturated carbocycles. The minimum Gasteiger partial charge on any atom is -0.507 e. The predicted octanol–water partition coefficient (Wildman–Crippen LogP) is 6.21. The van der Waals surface area contributed by atoms with Crippen LogP contribution in [-0.4, -0.2) is 28.0 Å². The molecule has 0 fully saturated rings. The van der Waals surface area contributed by atoms with E-state index in [0.717, 1.165) is 31.0 Å². The van der Waals surface area contributed by atoms with Crippen molar-refractivity contribution in [2.24, 2.45) is 20.9 Å². The normalized spacial score (nSPS) is 11.5. The van der Waals surface area contributed by atoms with E-state index < -0.39 is 41.6 Å². The van der Waals surface area contributed by atoms with Gasteiger partial charge < -0.3 is 15.7 Å². The van der Waals surface area contributed by atoms with Crippen LogP contribution in [0.3, 0.4) is 0 Å². The molecule has 0 radical (unpaired) electrons. The van der Waals surface area contributed by atoms with Crippen LogP contribution < -0.4 is 10.6 Å². The molecule has 0 spiro atoms. The van der Waals surface area contributed by atoms with E-state index in [2.05, 4.69) is 29.5 Å². The van der Waals surface area contributed by atoms with Crippen molar-refractivity contribution in [2.45, 2.75) is 63.2 Å². The first-order chi connectivity index (χ1) is 18.2. The van der Waals surface area contributed by atoms with Crippen LogP contribution in [0, 0.1) is 11.8 Å². The molecule has 0 atom stereocenters. The van der Waals surface area contributed by atoms with Gasteiger partial charge in [0, 0.05) is 24.5 Å². The summed E-state index contributed by atoms with van der Waals surface area (Å²) in [4.78, 5) is 16.1. The number of phenols is 1. The Hall–Kier alpha value is -3.97. The van der Waals surface area contributed by atoms with Gasteiger partial charge in [0.1, 0.15) is 5.75 Å². The van der Waals surface area contributed by atoms with Gasteiger partial charge in [-0.25, -0.2) is 21.6 Å². The molecule has 0 heterocycles. The fourth-order valence-electron chi connectivity index (χ4n) is 3.57. The second-order valence-electron chi connectivity index (χ2n) is 9.54. The number of carbonyl (C=O) groups is 1. The van der Waals surface area contributed by atoms with Crippen molar-refractivity contribution in [2.75, 3.05) is 10.6 Å². The van der Waals surface area contributed by atoms with Crippen LogP contribution in [-0.2, 0) is 32.9 Å². The molecule has 2 rings (SSSR count). The second kappa shape index (κ2) is 13.2. The van der Waals surface area contributed by atoms with E-state index in [0.29, 0.717) is 41.5 Å². The first-order valence-corrected chi connectivity index (χ1v) is 14.8. The number of benzene rings is 2. The van der Waals surface area contributed by atoms with E-state index in [1.807, 2.05) is 27.7 Å². The minimum atomic E-state index is -4.65. The molecular formula is C23H30N8O6S2. The van der Waals surface area contributed by atoms with Gasteiger partial charge in [-0.05, 0) is 90.0 Å². The van der Waals surface area contributed by atoms with Crippen molar-refractivity contribution in [1.82, 2.24) is 0 Å². The van der Waals surface area contributed by atoms with Gasteiger partial charge in [0.15, 0.2) is 0 Å². The number of nitrogens with zero attached hydrogens (tertiary/aromatic N) is 6. The summed E-state index contributed by atoms with van der Waals surface area (Å²) in [5.74, 6) is 0.892. The number of amides is 2. The van der Waals surface area contributed by atoms with Gasteiger partial charge in [0.2, 0.25) is 0 Å². The standard InChI is InChI=1S/C23H30N8O6S2/c1-14(2)5-7-16-11-18(12-17(22(16)32)8-6-15(3)4)26-23(33)27-20-13-19(38(34,35)30-28-24)9-10-21(20)39(36,37)31-29-25/h9-15,32H,5-8H2,1-4H3,(H2,26,27,33). The molecule has 14 nitrogen and oxygen atoms in total. The molecular weight excluding hydrogens is 548 g/mol. The zero-order valence-electron chi connectivity index (χ0n) is 21.9. The summed E-state index contributed by atoms with van der Waals surface area (Å²) in [5, 5.41) is 15.6. The number of rotatable bonds is 12. The zero-order valence-corrected chi connectivity index (χ0v) is 23.5. The molecule has 210 valence electrons. The average molecular weight is 579 g/mol. The lowest BCUT2D eigenvalue weighted by Gasteiger charge is -2.16. The quantitative estimate of drug-likeness (QED) is 0.115. The molecule has 0 aliphatic carbocycles. The lowest BCUT2D eigenvalue weighted by atomic mass is 9.95. The average Bonchev–Trinajstić information content (AvgIpc) is 2.82. The second-order valence-corrected chi connectivity index (χ2v) is 12.7. The highest BCUT2D eigenvalue weighted by Gasteiger charge is 2.23. The van der Waals surface area contributed by atoms with Gasteiger partial charge >= 0.3 is 6.03 Å². The molecule has 2 aromatic rings. The van der Waals surface area contributed by atoms with E-state index in [4.69, 9.17) is 11.1 Å². The third-order valence-corrected chi connectivity index (χ3v) is 7.91. The molecule has 0 aromatic heterocycles. The van der Waals surface area contributed by atoms with Crippen LogP contribution >= 0.6 is 0 Å². The molecule has 0 aliphatic rings. The Bertz CT molecular complexity index is 1510. The first-order valence-electron chi connectivity index (χ1n) is 11.9. The Morgan fingerprint density at radius 2 is 1.38 bits per heavy atom. The lowest BCUT2D eigenvalue weighted by Crippen LogP contribution is -2.21. The number of hydrogen-bond donors (Lipinski definition) is 3. The van der Waals surface area contributed by atoms with E-state index >= 15 is 0 Å². The van der Waals surface area contributed by atoms with E-state index in [9.17, 15) is 26.7 Å². The molecule has 0 bridgehead atoms. The maximum Gasteiger partial charge on any atom is 0.323 e. The zero-order chi connectivity index (χ0) is 29.4. The van der Waals surface area contributed by atoms with Crippen molar-refractivity contribution in [3.63, 3.8) is 0 Å². The Morgan fingerprint density at radius 1 is 0.872 bits per heavy atom. The van der Waals surface area contributed by atoms with Crippen LogP contribution in [0.5, 0.6) is 5.75 Å². The summed E-state index contributed by atoms with van der Waals surface area (Å²) >= 11 is 0. The maximum atomic E-state index is 12.9. The number of azide groups is 2. The van der Waals surface area contributed by atoms with Crippen LogP contribution in [0.15, 0.2) is 49.2 Å². The fraction of sp³-hybridized carbons (Fsp3) is 0.435. The number of aryl methyl sites for hydroxylation is 2. The van der Waals surface area contributed by atoms with Gasteiger partial charge in [0.05, 0.1) is 15.5 Å². The Labute approximate surface area is 226 Å². The lowest BCUT2D eigenvalue weighted by molar-refractivity contribution is 0.262. The largest absolute Gasteiger partial charge is 0.507 e. The molecule has 16 heteroatoms. The topological polar surface area (TPSA) is 227 Å². The summed E-state index contributed by atoms with van der Waals surface area (Å²) in [6.45, 7) is 8.18. The highest BCUT2D eigenvalue weighted by Crippen LogP contribution is 2.32. The number of aromatic hydroxyl groups is 1. The molecule has 0 aliphatic heterocycles. The van der Waals surface area contributed by atoms with Crippen molar-refractivity contribution < 1.29 is 26.7 Å². The summed E-state index contributed by atoms with van der Waals surface area (Å²) in [7, 11) is -9.18. The van der Waals surface area contributed by atoms with Crippen molar-refractivity contribution in [3.05, 3.63) is 62.3 Å². The van der Waals surface area contributed by atoms with E-state index in [1.165, 1.54) is 0 Å². The van der Waals surface area contributed by atoms with E-state index in [1.54, 1.807) is 12.1 Å². The number of hydrogen-bond acceptors (Lipinski definition) is 6. The van der Waals surface area contributed by atoms with Gasteiger partial charge in [-0.1, -0.05) is 27.7 Å². The van der Waals surface area contributed by atoms with Crippen LogP contribution in [0.4, 0.5) is 16.2 Å². The molecule has 0 unspecified atom stereocenters. The van der Waals surface area contributed by atoms with Crippen molar-refractivity contribution in [3.8, 4) is 5.75 Å². The van der Waals surface area contributed by atoms with Gasteiger partial charge in [-0.15, -0.1) is 0 Å². The molecule has 2 amide bonds. The molecule has 0 saturated heterocycles. The van der Waals surface area contributed by atoms with Crippen molar-refractivity contribution in [1.29, 1.82) is 0 Å². The minimum absolute atomic E-state index is 0.154. The van der Waals surface area contributed by atoms with E-state index in [-0.39, 0.29) is 5.75 Å². The van der Waals surface area contributed by atoms with Crippen LogP contribution in [0.25, 0.3) is 20.9 Å². The summed E-state index contributed by atoms with van der Waals surface area (Å²) in [6, 6.07) is 4.67. The molecule has 3 N–H and O–H groups in total. The third kappa shape index (κ3) is 8.79. The van der Waals surface area contributed by atoms with Gasteiger partial charge in [-0.2, -0.15) is 0 Å². The SMILES string of the molecule is CC(C)CCc1cc(NC(=O)Nc2cc(S(=O)(=O)N=[N+]=[N-])ccc2S(=O)(=O)N=[N+]=[N-])cc(CCC(C)C)c1O. The number of carbonyl (C=O) groups excluding carboxylic acids is 1. The number of nitrogens with one attached hydrogen (secondary N) is 2. The summed E-state index contributed by atoms with van der Waals surface area (Å²) in [6.07, 6.45) is 2.70. The molecule has 39 heavy (non-hydrogen) atoms. The Balaban J connectivity index is 2.51. The van der Waals surface area contributed by atoms with Crippen LogP contribution in [0.1, 0.15) is 51.7 Å². The van der Waals surface area contributed by atoms with Crippen molar-refractivity contribution >= 4 is 37.5 Å². The third-order valence-electron chi connectivity index (χ3n) is 5.57.